The number of anilines is 2. The lowest BCUT2D eigenvalue weighted by molar-refractivity contribution is -0.137. The summed E-state index contributed by atoms with van der Waals surface area (Å²) >= 11 is 28.7. The van der Waals surface area contributed by atoms with Gasteiger partial charge in [0.05, 0.1) is 26.3 Å². The second-order valence-electron chi connectivity index (χ2n) is 10.7. The van der Waals surface area contributed by atoms with Crippen molar-refractivity contribution in [3.63, 3.8) is 0 Å². The lowest BCUT2D eigenvalue weighted by atomic mass is 10.2. The number of benzene rings is 4. The molecule has 5 aromatic rings. The number of nitrogens with one attached hydrogen (secondary N) is 4. The van der Waals surface area contributed by atoms with E-state index in [2.05, 4.69) is 10.3 Å². The summed E-state index contributed by atoms with van der Waals surface area (Å²) in [5, 5.41) is 4.90. The molecule has 304 valence electrons. The molecule has 0 aliphatic carbocycles. The van der Waals surface area contributed by atoms with Gasteiger partial charge in [0.1, 0.15) is 44.4 Å². The molecule has 0 bridgehead atoms. The fraction of sp³-hybridized carbons (Fsp3) is 0.0294. The maximum atomic E-state index is 13.7. The standard InChI is InChI=1S/C20H9Cl3F5N3O3.C14H6Cl2F4N2O2/c21-10-5-9(30-19(33)31-17(32)15-13(24)2-1-3-14(15)25)6-11(22)16(10)34-18-12(23)4-8(7-29-18)20(26,27)28;15-5-4-8(12(20)10(16)11(5)19)21-14(24)22-13(23)9-6(17)2-1-3-7(9)18/h1-7H,(H2,30,31,32,33);1-4H,(H2,21,22,23,24). The molecule has 0 saturated carbocycles. The third-order valence-electron chi connectivity index (χ3n) is 6.77. The highest BCUT2D eigenvalue weighted by atomic mass is 35.5. The molecule has 0 aliphatic rings. The van der Waals surface area contributed by atoms with Crippen molar-refractivity contribution in [3.05, 3.63) is 144 Å². The molecule has 0 fully saturated rings. The van der Waals surface area contributed by atoms with E-state index in [9.17, 15) is 58.7 Å². The molecular weight excluding hydrogens is 907 g/mol. The van der Waals surface area contributed by atoms with Crippen LogP contribution < -0.4 is 26.0 Å². The van der Waals surface area contributed by atoms with Crippen LogP contribution >= 0.6 is 58.0 Å². The number of hydrogen-bond acceptors (Lipinski definition) is 6. The van der Waals surface area contributed by atoms with Crippen molar-refractivity contribution >= 4 is 93.3 Å². The monoisotopic (exact) mass is 919 g/mol. The number of aromatic nitrogens is 1. The van der Waals surface area contributed by atoms with Gasteiger partial charge in [-0.05, 0) is 48.5 Å². The van der Waals surface area contributed by atoms with Crippen LogP contribution in [0.2, 0.25) is 25.1 Å². The van der Waals surface area contributed by atoms with E-state index >= 15 is 0 Å². The van der Waals surface area contributed by atoms with E-state index in [4.69, 9.17) is 62.7 Å². The maximum Gasteiger partial charge on any atom is 0.417 e. The average Bonchev–Trinajstić information content (AvgIpc) is 3.11. The number of carbonyl (C=O) groups is 4. The number of nitrogens with zero attached hydrogens (tertiary/aromatic N) is 1. The molecule has 4 aromatic carbocycles. The van der Waals surface area contributed by atoms with Gasteiger partial charge in [0, 0.05) is 11.9 Å². The SMILES string of the molecule is O=C(NC(=O)c1c(F)cccc1F)Nc1cc(Cl)c(F)c(Cl)c1F.O=C(NC(=O)c1c(F)cccc1F)Nc1cc(Cl)c(Oc2ncc(C(F)(F)F)cc2Cl)c(Cl)c1. The Kier molecular flexibility index (Phi) is 14.7. The van der Waals surface area contributed by atoms with Gasteiger partial charge in [0.2, 0.25) is 5.88 Å². The lowest BCUT2D eigenvalue weighted by Crippen LogP contribution is -2.35. The third kappa shape index (κ3) is 11.1. The van der Waals surface area contributed by atoms with E-state index in [0.29, 0.717) is 18.3 Å². The first kappa shape index (κ1) is 45.2. The van der Waals surface area contributed by atoms with Gasteiger partial charge < -0.3 is 15.4 Å². The molecule has 0 atom stereocenters. The van der Waals surface area contributed by atoms with E-state index < -0.39 is 108 Å². The van der Waals surface area contributed by atoms with Crippen LogP contribution in [0.5, 0.6) is 11.6 Å². The predicted octanol–water partition coefficient (Wildman–Crippen LogP) is 11.6. The van der Waals surface area contributed by atoms with Crippen LogP contribution in [0.1, 0.15) is 26.3 Å². The van der Waals surface area contributed by atoms with Crippen LogP contribution in [0.25, 0.3) is 0 Å². The minimum absolute atomic E-state index is 0.0619. The quantitative estimate of drug-likeness (QED) is 0.0760. The zero-order valence-electron chi connectivity index (χ0n) is 27.6. The normalized spacial score (nSPS) is 10.9. The number of ether oxygens (including phenoxy) is 1. The Bertz CT molecular complexity index is 2400. The summed E-state index contributed by atoms with van der Waals surface area (Å²) in [7, 11) is 0. The molecule has 0 radical (unpaired) electrons. The number of halogens is 14. The van der Waals surface area contributed by atoms with Crippen molar-refractivity contribution in [2.24, 2.45) is 0 Å². The summed E-state index contributed by atoms with van der Waals surface area (Å²) in [5.74, 6) is -10.7. The molecule has 1 heterocycles. The number of pyridine rings is 1. The van der Waals surface area contributed by atoms with E-state index in [-0.39, 0.29) is 21.5 Å². The fourth-order valence-electron chi connectivity index (χ4n) is 4.22. The van der Waals surface area contributed by atoms with Crippen LogP contribution in [0.3, 0.4) is 0 Å². The molecule has 5 rings (SSSR count). The van der Waals surface area contributed by atoms with Crippen LogP contribution in [-0.4, -0.2) is 28.9 Å². The Hall–Kier alpha value is -5.47. The molecule has 6 amide bonds. The summed E-state index contributed by atoms with van der Waals surface area (Å²) in [6.07, 6.45) is -4.17. The molecule has 0 spiro atoms. The van der Waals surface area contributed by atoms with E-state index in [1.54, 1.807) is 10.6 Å². The number of rotatable bonds is 6. The summed E-state index contributed by atoms with van der Waals surface area (Å²) in [4.78, 5) is 50.9. The van der Waals surface area contributed by atoms with Gasteiger partial charge >= 0.3 is 18.2 Å². The molecule has 4 N–H and O–H groups in total. The zero-order valence-corrected chi connectivity index (χ0v) is 31.4. The highest BCUT2D eigenvalue weighted by molar-refractivity contribution is 6.38. The first-order valence-corrected chi connectivity index (χ1v) is 16.8. The Labute approximate surface area is 343 Å². The number of hydrogen-bond donors (Lipinski definition) is 4. The first-order valence-electron chi connectivity index (χ1n) is 14.9. The second kappa shape index (κ2) is 18.9. The van der Waals surface area contributed by atoms with E-state index in [0.717, 1.165) is 48.5 Å². The minimum atomic E-state index is -4.67. The van der Waals surface area contributed by atoms with Gasteiger partial charge in [0.15, 0.2) is 17.4 Å². The van der Waals surface area contributed by atoms with Crippen molar-refractivity contribution in [1.82, 2.24) is 15.6 Å². The van der Waals surface area contributed by atoms with Crippen molar-refractivity contribution in [1.29, 1.82) is 0 Å². The molecule has 1 aromatic heterocycles. The van der Waals surface area contributed by atoms with Crippen LogP contribution in [0, 0.1) is 34.9 Å². The van der Waals surface area contributed by atoms with E-state index in [1.165, 1.54) is 0 Å². The minimum Gasteiger partial charge on any atom is -0.434 e. The maximum absolute atomic E-state index is 13.7. The van der Waals surface area contributed by atoms with Gasteiger partial charge in [-0.25, -0.2) is 40.9 Å². The number of urea groups is 2. The van der Waals surface area contributed by atoms with Gasteiger partial charge in [-0.2, -0.15) is 13.2 Å². The van der Waals surface area contributed by atoms with Crippen molar-refractivity contribution < 1.29 is 63.4 Å². The smallest absolute Gasteiger partial charge is 0.417 e. The fourth-order valence-corrected chi connectivity index (χ4v) is 5.45. The Morgan fingerprint density at radius 3 is 1.52 bits per heavy atom. The average molecular weight is 922 g/mol. The topological polar surface area (TPSA) is 139 Å². The highest BCUT2D eigenvalue weighted by Crippen LogP contribution is 2.41. The van der Waals surface area contributed by atoms with Gasteiger partial charge in [-0.3, -0.25) is 20.2 Å². The molecular formula is C34H15Cl5F9N5O5. The number of alkyl halides is 3. The largest absolute Gasteiger partial charge is 0.434 e. The summed E-state index contributed by atoms with van der Waals surface area (Å²) in [6, 6.07) is 6.43. The lowest BCUT2D eigenvalue weighted by Gasteiger charge is -2.14. The summed E-state index contributed by atoms with van der Waals surface area (Å²) < 4.78 is 125. The zero-order chi connectivity index (χ0) is 43.2. The number of imide groups is 2. The molecule has 24 heteroatoms. The second-order valence-corrected chi connectivity index (χ2v) is 12.7. The van der Waals surface area contributed by atoms with E-state index in [1.807, 2.05) is 5.32 Å². The number of carbonyl (C=O) groups excluding carboxylic acids is 4. The molecule has 10 nitrogen and oxygen atoms in total. The summed E-state index contributed by atoms with van der Waals surface area (Å²) in [6.45, 7) is 0. The molecule has 58 heavy (non-hydrogen) atoms. The summed E-state index contributed by atoms with van der Waals surface area (Å²) in [5.41, 5.74) is -3.75. The van der Waals surface area contributed by atoms with Gasteiger partial charge in [-0.15, -0.1) is 0 Å². The van der Waals surface area contributed by atoms with Crippen LogP contribution in [0.15, 0.2) is 66.9 Å². The molecule has 0 unspecified atom stereocenters. The van der Waals surface area contributed by atoms with Gasteiger partial charge in [-0.1, -0.05) is 70.1 Å². The molecule has 0 saturated heterocycles. The third-order valence-corrected chi connectivity index (χ3v) is 8.21. The van der Waals surface area contributed by atoms with Gasteiger partial charge in [0.25, 0.3) is 11.8 Å². The van der Waals surface area contributed by atoms with Crippen LogP contribution in [0.4, 0.5) is 60.5 Å². The Balaban J connectivity index is 0.000000273. The Morgan fingerprint density at radius 1 is 0.603 bits per heavy atom. The highest BCUT2D eigenvalue weighted by Gasteiger charge is 2.32. The van der Waals surface area contributed by atoms with Crippen LogP contribution in [-0.2, 0) is 6.18 Å². The van der Waals surface area contributed by atoms with Crippen molar-refractivity contribution in [2.75, 3.05) is 10.6 Å². The first-order chi connectivity index (χ1) is 27.1. The van der Waals surface area contributed by atoms with Crippen molar-refractivity contribution in [2.45, 2.75) is 6.18 Å². The Morgan fingerprint density at radius 2 is 1.07 bits per heavy atom. The molecule has 0 aliphatic heterocycles. The van der Waals surface area contributed by atoms with Crippen molar-refractivity contribution in [3.8, 4) is 11.6 Å². The number of amides is 6. The predicted molar refractivity (Wildman–Crippen MR) is 193 cm³/mol.